The quantitative estimate of drug-likeness (QED) is 0.626. The summed E-state index contributed by atoms with van der Waals surface area (Å²) in [5, 5.41) is 4.27. The third-order valence-electron chi connectivity index (χ3n) is 3.96. The molecule has 8 heteroatoms. The van der Waals surface area contributed by atoms with Gasteiger partial charge in [0.25, 0.3) is 0 Å². The number of benzene rings is 1. The topological polar surface area (TPSA) is 81.1 Å². The summed E-state index contributed by atoms with van der Waals surface area (Å²) in [6, 6.07) is 7.40. The minimum atomic E-state index is 0.641. The van der Waals surface area contributed by atoms with Gasteiger partial charge in [0.05, 0.1) is 33.6 Å². The van der Waals surface area contributed by atoms with Crippen molar-refractivity contribution in [2.75, 3.05) is 50.8 Å². The minimum absolute atomic E-state index is 0.641. The van der Waals surface area contributed by atoms with Gasteiger partial charge in [-0.05, 0) is 19.1 Å². The lowest BCUT2D eigenvalue weighted by Gasteiger charge is -2.27. The Balaban J connectivity index is 1.73. The highest BCUT2D eigenvalue weighted by atomic mass is 16.5. The molecular formula is C18H23N5O3. The Hall–Kier alpha value is -2.87. The monoisotopic (exact) mass is 357 g/mol. The number of rotatable bonds is 6. The van der Waals surface area contributed by atoms with E-state index >= 15 is 0 Å². The molecule has 0 spiro atoms. The van der Waals surface area contributed by atoms with Crippen molar-refractivity contribution in [2.45, 2.75) is 6.92 Å². The molecule has 0 radical (unpaired) electrons. The lowest BCUT2D eigenvalue weighted by Crippen LogP contribution is -2.37. The van der Waals surface area contributed by atoms with E-state index in [1.807, 2.05) is 31.2 Å². The first-order chi connectivity index (χ1) is 12.7. The Labute approximate surface area is 152 Å². The molecule has 0 atom stereocenters. The summed E-state index contributed by atoms with van der Waals surface area (Å²) in [7, 11) is 3.23. The van der Waals surface area contributed by atoms with Crippen LogP contribution < -0.4 is 19.8 Å². The van der Waals surface area contributed by atoms with Gasteiger partial charge in [0.1, 0.15) is 11.5 Å². The fraction of sp³-hybridized carbons (Fsp3) is 0.389. The number of nitrogens with one attached hydrogen (secondary N) is 1. The molecule has 1 aliphatic rings. The zero-order valence-corrected chi connectivity index (χ0v) is 15.2. The summed E-state index contributed by atoms with van der Waals surface area (Å²) in [6.45, 7) is 4.89. The standard InChI is InChI=1S/C18H23N5O3/c1-13-10-17(21-18(20-13)23-6-8-26-9-7-23)22-19-12-14-4-5-15(24-2)11-16(14)25-3/h4-5,10-12H,6-9H2,1-3H3,(H,20,21,22). The highest BCUT2D eigenvalue weighted by Gasteiger charge is 2.14. The number of nitrogens with zero attached hydrogens (tertiary/aromatic N) is 4. The van der Waals surface area contributed by atoms with Crippen LogP contribution in [0.5, 0.6) is 11.5 Å². The first-order valence-corrected chi connectivity index (χ1v) is 8.39. The molecule has 26 heavy (non-hydrogen) atoms. The molecule has 0 unspecified atom stereocenters. The zero-order valence-electron chi connectivity index (χ0n) is 15.2. The fourth-order valence-corrected chi connectivity index (χ4v) is 2.61. The molecule has 0 aliphatic carbocycles. The van der Waals surface area contributed by atoms with Gasteiger partial charge >= 0.3 is 0 Å². The Kier molecular flexibility index (Phi) is 5.85. The number of aryl methyl sites for hydroxylation is 1. The van der Waals surface area contributed by atoms with Crippen LogP contribution in [-0.2, 0) is 4.74 Å². The average molecular weight is 357 g/mol. The Morgan fingerprint density at radius 3 is 2.69 bits per heavy atom. The second-order valence-corrected chi connectivity index (χ2v) is 5.77. The molecule has 0 saturated carbocycles. The summed E-state index contributed by atoms with van der Waals surface area (Å²) in [5.74, 6) is 2.74. The van der Waals surface area contributed by atoms with Crippen LogP contribution in [0.4, 0.5) is 11.8 Å². The summed E-state index contributed by atoms with van der Waals surface area (Å²) in [4.78, 5) is 11.2. The van der Waals surface area contributed by atoms with Gasteiger partial charge in [0, 0.05) is 36.5 Å². The van der Waals surface area contributed by atoms with Crippen molar-refractivity contribution >= 4 is 18.0 Å². The molecule has 0 amide bonds. The summed E-state index contributed by atoms with van der Waals surface area (Å²) >= 11 is 0. The van der Waals surface area contributed by atoms with Gasteiger partial charge in [-0.15, -0.1) is 0 Å². The van der Waals surface area contributed by atoms with E-state index in [1.165, 1.54) is 0 Å². The molecular weight excluding hydrogens is 334 g/mol. The van der Waals surface area contributed by atoms with Crippen LogP contribution in [0.3, 0.4) is 0 Å². The predicted molar refractivity (Wildman–Crippen MR) is 101 cm³/mol. The fourth-order valence-electron chi connectivity index (χ4n) is 2.61. The van der Waals surface area contributed by atoms with Crippen LogP contribution in [0.2, 0.25) is 0 Å². The van der Waals surface area contributed by atoms with Crippen molar-refractivity contribution in [3.05, 3.63) is 35.5 Å². The van der Waals surface area contributed by atoms with Crippen molar-refractivity contribution in [3.63, 3.8) is 0 Å². The Morgan fingerprint density at radius 1 is 1.15 bits per heavy atom. The molecule has 1 aromatic carbocycles. The van der Waals surface area contributed by atoms with E-state index in [1.54, 1.807) is 20.4 Å². The summed E-state index contributed by atoms with van der Waals surface area (Å²) < 4.78 is 15.9. The number of hydrogen-bond acceptors (Lipinski definition) is 8. The molecule has 1 aromatic heterocycles. The van der Waals surface area contributed by atoms with E-state index < -0.39 is 0 Å². The molecule has 138 valence electrons. The highest BCUT2D eigenvalue weighted by molar-refractivity contribution is 5.84. The number of hydrazone groups is 1. The smallest absolute Gasteiger partial charge is 0.227 e. The van der Waals surface area contributed by atoms with Gasteiger partial charge in [-0.2, -0.15) is 10.1 Å². The number of aromatic nitrogens is 2. The molecule has 3 rings (SSSR count). The Morgan fingerprint density at radius 2 is 1.96 bits per heavy atom. The van der Waals surface area contributed by atoms with Crippen LogP contribution in [0.15, 0.2) is 29.4 Å². The van der Waals surface area contributed by atoms with E-state index in [-0.39, 0.29) is 0 Å². The van der Waals surface area contributed by atoms with E-state index in [0.717, 1.165) is 30.1 Å². The normalized spacial score (nSPS) is 14.5. The van der Waals surface area contributed by atoms with E-state index in [2.05, 4.69) is 25.4 Å². The maximum absolute atomic E-state index is 5.38. The summed E-state index contributed by atoms with van der Waals surface area (Å²) in [6.07, 6.45) is 1.68. The van der Waals surface area contributed by atoms with Crippen molar-refractivity contribution in [1.82, 2.24) is 9.97 Å². The van der Waals surface area contributed by atoms with Gasteiger partial charge in [-0.1, -0.05) is 0 Å². The molecule has 0 bridgehead atoms. The maximum atomic E-state index is 5.38. The number of hydrogen-bond donors (Lipinski definition) is 1. The lowest BCUT2D eigenvalue weighted by molar-refractivity contribution is 0.122. The first kappa shape index (κ1) is 17.9. The SMILES string of the molecule is COc1ccc(C=NNc2cc(C)nc(N3CCOCC3)n2)c(OC)c1. The van der Waals surface area contributed by atoms with Crippen LogP contribution in [0.1, 0.15) is 11.3 Å². The highest BCUT2D eigenvalue weighted by Crippen LogP contribution is 2.23. The van der Waals surface area contributed by atoms with Crippen molar-refractivity contribution in [3.8, 4) is 11.5 Å². The molecule has 1 fully saturated rings. The molecule has 2 aromatic rings. The van der Waals surface area contributed by atoms with Crippen molar-refractivity contribution in [1.29, 1.82) is 0 Å². The van der Waals surface area contributed by atoms with Gasteiger partial charge in [-0.25, -0.2) is 4.98 Å². The predicted octanol–water partition coefficient (Wildman–Crippen LogP) is 2.08. The second kappa shape index (κ2) is 8.48. The van der Waals surface area contributed by atoms with Gasteiger partial charge < -0.3 is 19.1 Å². The van der Waals surface area contributed by atoms with Crippen LogP contribution in [0.25, 0.3) is 0 Å². The van der Waals surface area contributed by atoms with Gasteiger partial charge in [-0.3, -0.25) is 5.43 Å². The van der Waals surface area contributed by atoms with Crippen molar-refractivity contribution < 1.29 is 14.2 Å². The third-order valence-corrected chi connectivity index (χ3v) is 3.96. The van der Waals surface area contributed by atoms with E-state index in [9.17, 15) is 0 Å². The zero-order chi connectivity index (χ0) is 18.4. The third kappa shape index (κ3) is 4.40. The average Bonchev–Trinajstić information content (AvgIpc) is 2.68. The minimum Gasteiger partial charge on any atom is -0.497 e. The number of methoxy groups -OCH3 is 2. The summed E-state index contributed by atoms with van der Waals surface area (Å²) in [5.41, 5.74) is 4.68. The maximum Gasteiger partial charge on any atom is 0.227 e. The number of morpholine rings is 1. The van der Waals surface area contributed by atoms with Crippen molar-refractivity contribution in [2.24, 2.45) is 5.10 Å². The molecule has 8 nitrogen and oxygen atoms in total. The largest absolute Gasteiger partial charge is 0.497 e. The van der Waals surface area contributed by atoms with Crippen LogP contribution >= 0.6 is 0 Å². The van der Waals surface area contributed by atoms with Crippen LogP contribution in [-0.4, -0.2) is 56.7 Å². The molecule has 1 aliphatic heterocycles. The number of anilines is 2. The van der Waals surface area contributed by atoms with Gasteiger partial charge in [0.2, 0.25) is 5.95 Å². The first-order valence-electron chi connectivity index (χ1n) is 8.39. The molecule has 2 heterocycles. The number of ether oxygens (including phenoxy) is 3. The lowest BCUT2D eigenvalue weighted by atomic mass is 10.2. The van der Waals surface area contributed by atoms with E-state index in [4.69, 9.17) is 14.2 Å². The molecule has 1 saturated heterocycles. The van der Waals surface area contributed by atoms with Gasteiger partial charge in [0.15, 0.2) is 5.82 Å². The second-order valence-electron chi connectivity index (χ2n) is 5.77. The van der Waals surface area contributed by atoms with Crippen LogP contribution in [0, 0.1) is 6.92 Å². The molecule has 1 N–H and O–H groups in total. The Bertz CT molecular complexity index is 775. The van der Waals surface area contributed by atoms with E-state index in [0.29, 0.717) is 30.7 Å².